The van der Waals surface area contributed by atoms with Gasteiger partial charge in [0.2, 0.25) is 15.8 Å². The highest BCUT2D eigenvalue weighted by molar-refractivity contribution is 7.89. The average Bonchev–Trinajstić information content (AvgIpc) is 2.33. The Morgan fingerprint density at radius 3 is 2.55 bits per heavy atom. The third-order valence-electron chi connectivity index (χ3n) is 2.80. The summed E-state index contributed by atoms with van der Waals surface area (Å²) < 4.78 is 39.8. The maximum Gasteiger partial charge on any atom is 0.306 e. The van der Waals surface area contributed by atoms with Gasteiger partial charge in [-0.15, -0.1) is 0 Å². The van der Waals surface area contributed by atoms with Gasteiger partial charge in [-0.2, -0.15) is 4.39 Å². The van der Waals surface area contributed by atoms with E-state index in [1.165, 1.54) is 6.92 Å². The van der Waals surface area contributed by atoms with E-state index in [9.17, 15) is 22.9 Å². The van der Waals surface area contributed by atoms with E-state index >= 15 is 0 Å². The van der Waals surface area contributed by atoms with Crippen molar-refractivity contribution < 1.29 is 17.7 Å². The molecule has 1 aromatic rings. The molecule has 0 bridgehead atoms. The standard InChI is InChI=1S/C12H17FN2O4S/c1-3-4-5-6-14-20(18,19)12-8-11(15(16)17)10(13)7-9(12)2/h7-8,14H,3-6H2,1-2H3. The highest BCUT2D eigenvalue weighted by Crippen LogP contribution is 2.25. The fourth-order valence-corrected chi connectivity index (χ4v) is 3.05. The molecule has 20 heavy (non-hydrogen) atoms. The van der Waals surface area contributed by atoms with E-state index in [0.717, 1.165) is 25.0 Å². The summed E-state index contributed by atoms with van der Waals surface area (Å²) in [5.41, 5.74) is -0.708. The van der Waals surface area contributed by atoms with Gasteiger partial charge in [0.05, 0.1) is 9.82 Å². The van der Waals surface area contributed by atoms with Gasteiger partial charge < -0.3 is 0 Å². The van der Waals surface area contributed by atoms with Crippen LogP contribution in [0.4, 0.5) is 10.1 Å². The molecule has 0 aliphatic heterocycles. The molecule has 0 unspecified atom stereocenters. The molecule has 6 nitrogen and oxygen atoms in total. The summed E-state index contributed by atoms with van der Waals surface area (Å²) in [4.78, 5) is 9.46. The number of sulfonamides is 1. The van der Waals surface area contributed by atoms with Gasteiger partial charge in [0, 0.05) is 12.6 Å². The molecule has 8 heteroatoms. The van der Waals surface area contributed by atoms with Crippen LogP contribution in [-0.2, 0) is 10.0 Å². The van der Waals surface area contributed by atoms with Crippen LogP contribution in [0.2, 0.25) is 0 Å². The molecule has 0 heterocycles. The minimum absolute atomic E-state index is 0.135. The third-order valence-corrected chi connectivity index (χ3v) is 4.41. The van der Waals surface area contributed by atoms with E-state index in [0.29, 0.717) is 6.42 Å². The van der Waals surface area contributed by atoms with Gasteiger partial charge in [-0.25, -0.2) is 13.1 Å². The number of benzene rings is 1. The van der Waals surface area contributed by atoms with E-state index in [1.807, 2.05) is 6.92 Å². The zero-order chi connectivity index (χ0) is 15.3. The van der Waals surface area contributed by atoms with E-state index in [2.05, 4.69) is 4.72 Å². The molecule has 1 N–H and O–H groups in total. The van der Waals surface area contributed by atoms with Gasteiger partial charge in [0.15, 0.2) is 0 Å². The molecule has 0 radical (unpaired) electrons. The Kier molecular flexibility index (Phi) is 5.58. The van der Waals surface area contributed by atoms with Gasteiger partial charge in [0.25, 0.3) is 0 Å². The van der Waals surface area contributed by atoms with E-state index in [-0.39, 0.29) is 17.0 Å². The molecule has 0 atom stereocenters. The maximum atomic E-state index is 13.4. The van der Waals surface area contributed by atoms with Gasteiger partial charge in [0.1, 0.15) is 0 Å². The van der Waals surface area contributed by atoms with Gasteiger partial charge in [-0.05, 0) is 25.0 Å². The van der Waals surface area contributed by atoms with Crippen LogP contribution in [0.25, 0.3) is 0 Å². The first-order chi connectivity index (χ1) is 9.29. The molecule has 112 valence electrons. The number of nitrogens with zero attached hydrogens (tertiary/aromatic N) is 1. The third kappa shape index (κ3) is 3.97. The van der Waals surface area contributed by atoms with Crippen LogP contribution in [0.15, 0.2) is 17.0 Å². The Morgan fingerprint density at radius 2 is 2.00 bits per heavy atom. The summed E-state index contributed by atoms with van der Waals surface area (Å²) in [6.45, 7) is 3.64. The number of hydrogen-bond donors (Lipinski definition) is 1. The van der Waals surface area contributed by atoms with Crippen LogP contribution in [0.1, 0.15) is 31.7 Å². The molecule has 0 aliphatic carbocycles. The molecule has 1 aromatic carbocycles. The van der Waals surface area contributed by atoms with Crippen LogP contribution < -0.4 is 4.72 Å². The smallest absolute Gasteiger partial charge is 0.258 e. The Hall–Kier alpha value is -1.54. The lowest BCUT2D eigenvalue weighted by molar-refractivity contribution is -0.387. The molecule has 0 aliphatic rings. The molecule has 1 rings (SSSR count). The quantitative estimate of drug-likeness (QED) is 0.476. The summed E-state index contributed by atoms with van der Waals surface area (Å²) in [6, 6.07) is 1.62. The summed E-state index contributed by atoms with van der Waals surface area (Å²) in [7, 11) is -3.87. The Labute approximate surface area is 117 Å². The Balaban J connectivity index is 3.05. The summed E-state index contributed by atoms with van der Waals surface area (Å²) in [6.07, 6.45) is 2.51. The van der Waals surface area contributed by atoms with Crippen molar-refractivity contribution in [3.05, 3.63) is 33.6 Å². The van der Waals surface area contributed by atoms with Crippen molar-refractivity contribution >= 4 is 15.7 Å². The van der Waals surface area contributed by atoms with Crippen LogP contribution in [-0.4, -0.2) is 19.9 Å². The van der Waals surface area contributed by atoms with Gasteiger partial charge >= 0.3 is 5.69 Å². The fourth-order valence-electron chi connectivity index (χ4n) is 1.73. The topological polar surface area (TPSA) is 89.3 Å². The molecule has 0 fully saturated rings. The second-order valence-corrected chi connectivity index (χ2v) is 6.17. The molecule has 0 saturated carbocycles. The predicted molar refractivity (Wildman–Crippen MR) is 72.5 cm³/mol. The highest BCUT2D eigenvalue weighted by Gasteiger charge is 2.23. The highest BCUT2D eigenvalue weighted by atomic mass is 32.2. The second-order valence-electron chi connectivity index (χ2n) is 4.43. The predicted octanol–water partition coefficient (Wildman–Crippen LogP) is 2.51. The zero-order valence-corrected chi connectivity index (χ0v) is 12.2. The Morgan fingerprint density at radius 1 is 1.35 bits per heavy atom. The molecule has 0 spiro atoms. The van der Waals surface area contributed by atoms with Crippen molar-refractivity contribution in [3.8, 4) is 0 Å². The lowest BCUT2D eigenvalue weighted by atomic mass is 10.2. The first-order valence-electron chi connectivity index (χ1n) is 6.23. The normalized spacial score (nSPS) is 11.6. The first-order valence-corrected chi connectivity index (χ1v) is 7.72. The SMILES string of the molecule is CCCCCNS(=O)(=O)c1cc([N+](=O)[O-])c(F)cc1C. The fraction of sp³-hybridized carbons (Fsp3) is 0.500. The average molecular weight is 304 g/mol. The van der Waals surface area contributed by atoms with Crippen molar-refractivity contribution in [3.63, 3.8) is 0 Å². The molecule has 0 amide bonds. The van der Waals surface area contributed by atoms with Crippen molar-refractivity contribution in [1.82, 2.24) is 4.72 Å². The first kappa shape index (κ1) is 16.5. The van der Waals surface area contributed by atoms with Crippen LogP contribution in [0.3, 0.4) is 0 Å². The summed E-state index contributed by atoms with van der Waals surface area (Å²) in [5.74, 6) is -1.04. The van der Waals surface area contributed by atoms with Crippen LogP contribution >= 0.6 is 0 Å². The second kappa shape index (κ2) is 6.76. The number of nitro groups is 1. The number of unbranched alkanes of at least 4 members (excludes halogenated alkanes) is 2. The lowest BCUT2D eigenvalue weighted by Gasteiger charge is -2.09. The van der Waals surface area contributed by atoms with Crippen molar-refractivity contribution in [2.24, 2.45) is 0 Å². The summed E-state index contributed by atoms with van der Waals surface area (Å²) in [5, 5.41) is 10.7. The molecular formula is C12H17FN2O4S. The number of nitrogens with one attached hydrogen (secondary N) is 1. The number of hydrogen-bond acceptors (Lipinski definition) is 4. The molecular weight excluding hydrogens is 287 g/mol. The van der Waals surface area contributed by atoms with Crippen LogP contribution in [0, 0.1) is 22.9 Å². The zero-order valence-electron chi connectivity index (χ0n) is 11.3. The van der Waals surface area contributed by atoms with Crippen molar-refractivity contribution in [1.29, 1.82) is 0 Å². The van der Waals surface area contributed by atoms with Gasteiger partial charge in [-0.3, -0.25) is 10.1 Å². The molecule has 0 saturated heterocycles. The number of halogens is 1. The van der Waals surface area contributed by atoms with Crippen molar-refractivity contribution in [2.75, 3.05) is 6.54 Å². The number of aryl methyl sites for hydroxylation is 1. The minimum atomic E-state index is -3.87. The number of nitro benzene ring substituents is 1. The van der Waals surface area contributed by atoms with E-state index in [4.69, 9.17) is 0 Å². The maximum absolute atomic E-state index is 13.4. The lowest BCUT2D eigenvalue weighted by Crippen LogP contribution is -2.25. The van der Waals surface area contributed by atoms with E-state index < -0.39 is 26.5 Å². The van der Waals surface area contributed by atoms with Gasteiger partial charge in [-0.1, -0.05) is 19.8 Å². The summed E-state index contributed by atoms with van der Waals surface area (Å²) >= 11 is 0. The Bertz CT molecular complexity index is 602. The van der Waals surface area contributed by atoms with Crippen molar-refractivity contribution in [2.45, 2.75) is 38.0 Å². The molecule has 0 aromatic heterocycles. The van der Waals surface area contributed by atoms with Crippen LogP contribution in [0.5, 0.6) is 0 Å². The largest absolute Gasteiger partial charge is 0.306 e. The van der Waals surface area contributed by atoms with E-state index in [1.54, 1.807) is 0 Å². The monoisotopic (exact) mass is 304 g/mol. The number of rotatable bonds is 7. The minimum Gasteiger partial charge on any atom is -0.258 e.